The first-order valence-corrected chi connectivity index (χ1v) is 7.79. The molecule has 0 amide bonds. The Hall–Kier alpha value is -2.06. The minimum Gasteiger partial charge on any atom is -0.375 e. The molecular weight excluding hydrogens is 301 g/mol. The van der Waals surface area contributed by atoms with Crippen LogP contribution in [0.4, 0.5) is 9.52 Å². The summed E-state index contributed by atoms with van der Waals surface area (Å²) in [6.45, 7) is 0. The molecule has 2 N–H and O–H groups in total. The minimum absolute atomic E-state index is 0.0314. The number of fused-ring (bicyclic) bond motifs is 1. The molecule has 0 fully saturated rings. The van der Waals surface area contributed by atoms with Crippen molar-refractivity contribution in [3.63, 3.8) is 0 Å². The highest BCUT2D eigenvalue weighted by molar-refractivity contribution is 7.93. The van der Waals surface area contributed by atoms with E-state index in [1.807, 2.05) is 0 Å². The van der Waals surface area contributed by atoms with E-state index >= 15 is 0 Å². The standard InChI is InChI=1S/C12H8FN3O2S2/c13-8-2-3-9-7(5-8)1-4-10(16-9)20(17,18)11-6-15-12(14)19-11/h1-6H,(H2,14,15). The van der Waals surface area contributed by atoms with Crippen LogP contribution >= 0.6 is 11.3 Å². The van der Waals surface area contributed by atoms with Crippen molar-refractivity contribution in [3.8, 4) is 0 Å². The molecule has 102 valence electrons. The molecule has 0 unspecified atom stereocenters. The smallest absolute Gasteiger partial charge is 0.234 e. The summed E-state index contributed by atoms with van der Waals surface area (Å²) in [5, 5.41) is 0.597. The Balaban J connectivity index is 2.17. The summed E-state index contributed by atoms with van der Waals surface area (Å²) in [6.07, 6.45) is 1.20. The van der Waals surface area contributed by atoms with E-state index in [1.54, 1.807) is 0 Å². The largest absolute Gasteiger partial charge is 0.375 e. The molecule has 3 aromatic rings. The van der Waals surface area contributed by atoms with Crippen molar-refractivity contribution >= 4 is 37.2 Å². The first-order chi connectivity index (χ1) is 9.46. The Morgan fingerprint density at radius 2 is 2.00 bits per heavy atom. The van der Waals surface area contributed by atoms with Gasteiger partial charge in [0.25, 0.3) is 0 Å². The van der Waals surface area contributed by atoms with Crippen LogP contribution in [0.2, 0.25) is 0 Å². The normalized spacial score (nSPS) is 11.8. The molecule has 0 saturated heterocycles. The van der Waals surface area contributed by atoms with Gasteiger partial charge in [-0.3, -0.25) is 0 Å². The van der Waals surface area contributed by atoms with Crippen molar-refractivity contribution in [3.05, 3.63) is 42.3 Å². The number of nitrogen functional groups attached to an aromatic ring is 1. The first kappa shape index (κ1) is 12.9. The third kappa shape index (κ3) is 2.12. The molecule has 20 heavy (non-hydrogen) atoms. The number of hydrogen-bond acceptors (Lipinski definition) is 6. The van der Waals surface area contributed by atoms with E-state index in [4.69, 9.17) is 5.73 Å². The summed E-state index contributed by atoms with van der Waals surface area (Å²) in [7, 11) is -3.75. The molecule has 3 rings (SSSR count). The molecule has 8 heteroatoms. The van der Waals surface area contributed by atoms with Gasteiger partial charge in [-0.25, -0.2) is 22.8 Å². The van der Waals surface area contributed by atoms with Crippen molar-refractivity contribution in [1.82, 2.24) is 9.97 Å². The van der Waals surface area contributed by atoms with Crippen LogP contribution < -0.4 is 5.73 Å². The maximum absolute atomic E-state index is 13.1. The van der Waals surface area contributed by atoms with E-state index in [9.17, 15) is 12.8 Å². The number of rotatable bonds is 2. The zero-order chi connectivity index (χ0) is 14.3. The Labute approximate surface area is 117 Å². The second-order valence-electron chi connectivity index (χ2n) is 4.01. The number of thiazole rings is 1. The summed E-state index contributed by atoms with van der Waals surface area (Å²) < 4.78 is 37.8. The topological polar surface area (TPSA) is 85.9 Å². The van der Waals surface area contributed by atoms with Crippen LogP contribution in [0.1, 0.15) is 0 Å². The number of benzene rings is 1. The second-order valence-corrected chi connectivity index (χ2v) is 7.19. The molecule has 0 aliphatic carbocycles. The molecule has 2 aromatic heterocycles. The molecule has 0 saturated carbocycles. The van der Waals surface area contributed by atoms with E-state index in [1.165, 1.54) is 36.5 Å². The van der Waals surface area contributed by atoms with E-state index in [-0.39, 0.29) is 14.4 Å². The lowest BCUT2D eigenvalue weighted by Gasteiger charge is -2.03. The number of nitrogens with two attached hydrogens (primary N) is 1. The van der Waals surface area contributed by atoms with Gasteiger partial charge in [-0.15, -0.1) is 0 Å². The fourth-order valence-corrected chi connectivity index (χ4v) is 3.96. The summed E-state index contributed by atoms with van der Waals surface area (Å²) in [5.74, 6) is -0.398. The maximum Gasteiger partial charge on any atom is 0.234 e. The molecule has 5 nitrogen and oxygen atoms in total. The summed E-state index contributed by atoms with van der Waals surface area (Å²) in [5.41, 5.74) is 5.85. The summed E-state index contributed by atoms with van der Waals surface area (Å²) >= 11 is 0.876. The third-order valence-corrected chi connectivity index (χ3v) is 5.61. The number of anilines is 1. The van der Waals surface area contributed by atoms with Gasteiger partial charge in [-0.05, 0) is 30.3 Å². The number of aromatic nitrogens is 2. The molecule has 2 heterocycles. The quantitative estimate of drug-likeness (QED) is 0.784. The van der Waals surface area contributed by atoms with Crippen LogP contribution in [0.15, 0.2) is 45.8 Å². The average Bonchev–Trinajstić information content (AvgIpc) is 2.85. The zero-order valence-corrected chi connectivity index (χ0v) is 11.6. The number of pyridine rings is 1. The highest BCUT2D eigenvalue weighted by Crippen LogP contribution is 2.27. The lowest BCUT2D eigenvalue weighted by molar-refractivity contribution is 0.594. The first-order valence-electron chi connectivity index (χ1n) is 5.49. The fourth-order valence-electron chi connectivity index (χ4n) is 1.73. The predicted molar refractivity (Wildman–Crippen MR) is 73.7 cm³/mol. The monoisotopic (exact) mass is 309 g/mol. The van der Waals surface area contributed by atoms with Gasteiger partial charge in [0.2, 0.25) is 9.84 Å². The van der Waals surface area contributed by atoms with Crippen molar-refractivity contribution in [1.29, 1.82) is 0 Å². The summed E-state index contributed by atoms with van der Waals surface area (Å²) in [6, 6.07) is 6.82. The lowest BCUT2D eigenvalue weighted by Crippen LogP contribution is -2.02. The Morgan fingerprint density at radius 1 is 1.20 bits per heavy atom. The summed E-state index contributed by atoms with van der Waals surface area (Å²) in [4.78, 5) is 7.78. The Bertz CT molecular complexity index is 906. The van der Waals surface area contributed by atoms with Gasteiger partial charge in [0, 0.05) is 5.39 Å². The average molecular weight is 309 g/mol. The maximum atomic E-state index is 13.1. The minimum atomic E-state index is -3.75. The molecule has 0 aliphatic rings. The fraction of sp³-hybridized carbons (Fsp3) is 0. The molecule has 0 bridgehead atoms. The van der Waals surface area contributed by atoms with Gasteiger partial charge >= 0.3 is 0 Å². The number of sulfone groups is 1. The van der Waals surface area contributed by atoms with Gasteiger partial charge in [-0.2, -0.15) is 0 Å². The molecule has 1 aromatic carbocycles. The molecule has 0 spiro atoms. The second kappa shape index (κ2) is 4.50. The van der Waals surface area contributed by atoms with Crippen molar-refractivity contribution < 1.29 is 12.8 Å². The van der Waals surface area contributed by atoms with E-state index in [2.05, 4.69) is 9.97 Å². The number of hydrogen-bond donors (Lipinski definition) is 1. The van der Waals surface area contributed by atoms with Crippen LogP contribution in [-0.4, -0.2) is 18.4 Å². The van der Waals surface area contributed by atoms with E-state index in [0.29, 0.717) is 10.9 Å². The zero-order valence-electron chi connectivity index (χ0n) is 9.95. The Morgan fingerprint density at radius 3 is 2.70 bits per heavy atom. The molecule has 0 atom stereocenters. The third-order valence-electron chi connectivity index (χ3n) is 2.67. The van der Waals surface area contributed by atoms with Crippen molar-refractivity contribution in [2.45, 2.75) is 9.24 Å². The van der Waals surface area contributed by atoms with E-state index in [0.717, 1.165) is 11.3 Å². The predicted octanol–water partition coefficient (Wildman–Crippen LogP) is 2.25. The van der Waals surface area contributed by atoms with Gasteiger partial charge < -0.3 is 5.73 Å². The molecule has 0 aliphatic heterocycles. The van der Waals surface area contributed by atoms with Gasteiger partial charge in [0.15, 0.2) is 10.2 Å². The highest BCUT2D eigenvalue weighted by Gasteiger charge is 2.22. The Kier molecular flexibility index (Phi) is 2.91. The highest BCUT2D eigenvalue weighted by atomic mass is 32.2. The SMILES string of the molecule is Nc1ncc(S(=O)(=O)c2ccc3cc(F)ccc3n2)s1. The van der Waals surface area contributed by atoms with Crippen molar-refractivity contribution in [2.24, 2.45) is 0 Å². The van der Waals surface area contributed by atoms with Crippen molar-refractivity contribution in [2.75, 3.05) is 5.73 Å². The van der Waals surface area contributed by atoms with Gasteiger partial charge in [0.1, 0.15) is 10.0 Å². The van der Waals surface area contributed by atoms with Crippen LogP contribution in [0.5, 0.6) is 0 Å². The van der Waals surface area contributed by atoms with E-state index < -0.39 is 15.7 Å². The lowest BCUT2D eigenvalue weighted by atomic mass is 10.2. The van der Waals surface area contributed by atoms with Crippen LogP contribution in [0.25, 0.3) is 10.9 Å². The van der Waals surface area contributed by atoms with Crippen LogP contribution in [0, 0.1) is 5.82 Å². The molecular formula is C12H8FN3O2S2. The van der Waals surface area contributed by atoms with Crippen LogP contribution in [0.3, 0.4) is 0 Å². The number of nitrogens with zero attached hydrogens (tertiary/aromatic N) is 2. The number of halogens is 1. The molecule has 0 radical (unpaired) electrons. The van der Waals surface area contributed by atoms with Gasteiger partial charge in [-0.1, -0.05) is 11.3 Å². The van der Waals surface area contributed by atoms with Gasteiger partial charge in [0.05, 0.1) is 11.7 Å². The van der Waals surface area contributed by atoms with Crippen LogP contribution in [-0.2, 0) is 9.84 Å².